The molecule has 88 valence electrons. The van der Waals surface area contributed by atoms with Crippen LogP contribution >= 0.6 is 0 Å². The number of benzene rings is 1. The lowest BCUT2D eigenvalue weighted by atomic mass is 9.85. The van der Waals surface area contributed by atoms with Gasteiger partial charge in [0.2, 0.25) is 0 Å². The van der Waals surface area contributed by atoms with E-state index in [4.69, 9.17) is 4.74 Å². The first kappa shape index (κ1) is 11.3. The lowest BCUT2D eigenvalue weighted by molar-refractivity contribution is 0.333. The van der Waals surface area contributed by atoms with E-state index in [1.807, 2.05) is 13.0 Å². The van der Waals surface area contributed by atoms with Crippen molar-refractivity contribution in [1.29, 1.82) is 0 Å². The Morgan fingerprint density at radius 2 is 2.19 bits per heavy atom. The summed E-state index contributed by atoms with van der Waals surface area (Å²) < 4.78 is 5.47. The van der Waals surface area contributed by atoms with Gasteiger partial charge in [0.15, 0.2) is 0 Å². The van der Waals surface area contributed by atoms with Crippen molar-refractivity contribution in [3.63, 3.8) is 0 Å². The summed E-state index contributed by atoms with van der Waals surface area (Å²) in [4.78, 5) is 0. The fourth-order valence-corrected chi connectivity index (χ4v) is 2.04. The van der Waals surface area contributed by atoms with Gasteiger partial charge >= 0.3 is 0 Å². The predicted molar refractivity (Wildman–Crippen MR) is 68.2 cm³/mol. The van der Waals surface area contributed by atoms with Gasteiger partial charge in [-0.3, -0.25) is 0 Å². The van der Waals surface area contributed by atoms with Crippen LogP contribution in [0.1, 0.15) is 31.7 Å². The molecule has 1 aromatic carbocycles. The summed E-state index contributed by atoms with van der Waals surface area (Å²) in [6.45, 7) is 5.99. The molecule has 1 fully saturated rings. The molecule has 1 N–H and O–H groups in total. The minimum Gasteiger partial charge on any atom is -0.494 e. The van der Waals surface area contributed by atoms with Crippen LogP contribution in [0.5, 0.6) is 5.75 Å². The first-order chi connectivity index (χ1) is 7.79. The van der Waals surface area contributed by atoms with Gasteiger partial charge in [0, 0.05) is 12.2 Å². The maximum absolute atomic E-state index is 5.47. The van der Waals surface area contributed by atoms with E-state index in [0.717, 1.165) is 24.8 Å². The maximum Gasteiger partial charge on any atom is 0.119 e. The number of aryl methyl sites for hydroxylation is 1. The molecule has 0 radical (unpaired) electrons. The van der Waals surface area contributed by atoms with Crippen molar-refractivity contribution in [2.24, 2.45) is 5.92 Å². The van der Waals surface area contributed by atoms with Crippen LogP contribution in [0.2, 0.25) is 0 Å². The third-order valence-electron chi connectivity index (χ3n) is 3.31. The highest BCUT2D eigenvalue weighted by Crippen LogP contribution is 2.27. The van der Waals surface area contributed by atoms with E-state index in [9.17, 15) is 0 Å². The summed E-state index contributed by atoms with van der Waals surface area (Å²) >= 11 is 0. The van der Waals surface area contributed by atoms with E-state index in [1.54, 1.807) is 0 Å². The average Bonchev–Trinajstić information content (AvgIpc) is 2.19. The van der Waals surface area contributed by atoms with Crippen LogP contribution in [0, 0.1) is 12.8 Å². The van der Waals surface area contributed by atoms with Gasteiger partial charge in [0.1, 0.15) is 5.75 Å². The molecule has 0 spiro atoms. The molecule has 0 atom stereocenters. The molecular weight excluding hydrogens is 198 g/mol. The Morgan fingerprint density at radius 1 is 1.38 bits per heavy atom. The molecule has 0 bridgehead atoms. The van der Waals surface area contributed by atoms with Crippen LogP contribution in [0.25, 0.3) is 0 Å². The second-order valence-electron chi connectivity index (χ2n) is 4.59. The SMILES string of the molecule is CCOc1ccc(NCC2CCC2)c(C)c1. The number of rotatable bonds is 5. The zero-order chi connectivity index (χ0) is 11.4. The molecule has 1 saturated carbocycles. The number of nitrogens with one attached hydrogen (secondary N) is 1. The van der Waals surface area contributed by atoms with Gasteiger partial charge in [0.25, 0.3) is 0 Å². The van der Waals surface area contributed by atoms with Crippen molar-refractivity contribution in [2.45, 2.75) is 33.1 Å². The van der Waals surface area contributed by atoms with E-state index < -0.39 is 0 Å². The van der Waals surface area contributed by atoms with Crippen LogP contribution in [0.3, 0.4) is 0 Å². The summed E-state index contributed by atoms with van der Waals surface area (Å²) in [7, 11) is 0. The monoisotopic (exact) mass is 219 g/mol. The van der Waals surface area contributed by atoms with Crippen LogP contribution < -0.4 is 10.1 Å². The highest BCUT2D eigenvalue weighted by atomic mass is 16.5. The van der Waals surface area contributed by atoms with Crippen LogP contribution in [0.15, 0.2) is 18.2 Å². The maximum atomic E-state index is 5.47. The largest absolute Gasteiger partial charge is 0.494 e. The molecule has 1 aliphatic rings. The number of hydrogen-bond acceptors (Lipinski definition) is 2. The molecule has 16 heavy (non-hydrogen) atoms. The quantitative estimate of drug-likeness (QED) is 0.817. The fraction of sp³-hybridized carbons (Fsp3) is 0.571. The molecular formula is C14H21NO. The molecule has 2 heteroatoms. The molecule has 0 unspecified atom stereocenters. The number of hydrogen-bond donors (Lipinski definition) is 1. The minimum absolute atomic E-state index is 0.730. The standard InChI is InChI=1S/C14H21NO/c1-3-16-13-7-8-14(11(2)9-13)15-10-12-5-4-6-12/h7-9,12,15H,3-6,10H2,1-2H3. The first-order valence-corrected chi connectivity index (χ1v) is 6.27. The zero-order valence-electron chi connectivity index (χ0n) is 10.3. The Labute approximate surface area is 98.0 Å². The molecule has 2 rings (SSSR count). The lowest BCUT2D eigenvalue weighted by Gasteiger charge is -2.26. The highest BCUT2D eigenvalue weighted by Gasteiger charge is 2.16. The van der Waals surface area contributed by atoms with Crippen molar-refractivity contribution in [3.05, 3.63) is 23.8 Å². The number of ether oxygens (including phenoxy) is 1. The Hall–Kier alpha value is -1.18. The highest BCUT2D eigenvalue weighted by molar-refractivity contribution is 5.53. The van der Waals surface area contributed by atoms with Crippen molar-refractivity contribution < 1.29 is 4.74 Å². The summed E-state index contributed by atoms with van der Waals surface area (Å²) in [5, 5.41) is 3.53. The van der Waals surface area contributed by atoms with Crippen molar-refractivity contribution in [2.75, 3.05) is 18.5 Å². The number of anilines is 1. The van der Waals surface area contributed by atoms with Gasteiger partial charge in [-0.1, -0.05) is 6.42 Å². The fourth-order valence-electron chi connectivity index (χ4n) is 2.04. The van der Waals surface area contributed by atoms with E-state index in [2.05, 4.69) is 24.4 Å². The van der Waals surface area contributed by atoms with Gasteiger partial charge in [-0.2, -0.15) is 0 Å². The van der Waals surface area contributed by atoms with Crippen LogP contribution in [0.4, 0.5) is 5.69 Å². The predicted octanol–water partition coefficient (Wildman–Crippen LogP) is 3.61. The van der Waals surface area contributed by atoms with E-state index >= 15 is 0 Å². The summed E-state index contributed by atoms with van der Waals surface area (Å²) in [6.07, 6.45) is 4.20. The minimum atomic E-state index is 0.730. The van der Waals surface area contributed by atoms with Gasteiger partial charge < -0.3 is 10.1 Å². The Kier molecular flexibility index (Phi) is 3.70. The normalized spacial score (nSPS) is 15.6. The van der Waals surface area contributed by atoms with Gasteiger partial charge in [-0.25, -0.2) is 0 Å². The second-order valence-corrected chi connectivity index (χ2v) is 4.59. The molecule has 1 aliphatic carbocycles. The molecule has 0 amide bonds. The molecule has 0 heterocycles. The average molecular weight is 219 g/mol. The summed E-state index contributed by atoms with van der Waals surface area (Å²) in [5.74, 6) is 1.86. The van der Waals surface area contributed by atoms with Gasteiger partial charge in [-0.05, 0) is 56.4 Å². The smallest absolute Gasteiger partial charge is 0.119 e. The second kappa shape index (κ2) is 5.24. The van der Waals surface area contributed by atoms with E-state index in [1.165, 1.54) is 30.5 Å². The van der Waals surface area contributed by atoms with Crippen LogP contribution in [-0.2, 0) is 0 Å². The first-order valence-electron chi connectivity index (χ1n) is 6.27. The Balaban J connectivity index is 1.92. The Bertz CT molecular complexity index is 345. The lowest BCUT2D eigenvalue weighted by Crippen LogP contribution is -2.21. The topological polar surface area (TPSA) is 21.3 Å². The third kappa shape index (κ3) is 2.69. The van der Waals surface area contributed by atoms with Crippen molar-refractivity contribution in [3.8, 4) is 5.75 Å². The van der Waals surface area contributed by atoms with Gasteiger partial charge in [0.05, 0.1) is 6.61 Å². The molecule has 2 nitrogen and oxygen atoms in total. The van der Waals surface area contributed by atoms with Crippen molar-refractivity contribution in [1.82, 2.24) is 0 Å². The molecule has 0 aliphatic heterocycles. The Morgan fingerprint density at radius 3 is 2.75 bits per heavy atom. The van der Waals surface area contributed by atoms with E-state index in [-0.39, 0.29) is 0 Å². The van der Waals surface area contributed by atoms with Crippen LogP contribution in [-0.4, -0.2) is 13.2 Å². The molecule has 0 saturated heterocycles. The zero-order valence-corrected chi connectivity index (χ0v) is 10.3. The molecule has 1 aromatic rings. The van der Waals surface area contributed by atoms with Gasteiger partial charge in [-0.15, -0.1) is 0 Å². The summed E-state index contributed by atoms with van der Waals surface area (Å²) in [6, 6.07) is 6.27. The van der Waals surface area contributed by atoms with E-state index in [0.29, 0.717) is 0 Å². The third-order valence-corrected chi connectivity index (χ3v) is 3.31. The van der Waals surface area contributed by atoms with Crippen molar-refractivity contribution >= 4 is 5.69 Å². The molecule has 0 aromatic heterocycles. The summed E-state index contributed by atoms with van der Waals surface area (Å²) in [5.41, 5.74) is 2.51.